The van der Waals surface area contributed by atoms with Crippen LogP contribution in [0.3, 0.4) is 0 Å². The molecule has 1 heterocycles. The van der Waals surface area contributed by atoms with Crippen molar-refractivity contribution in [2.45, 2.75) is 26.0 Å². The third-order valence-electron chi connectivity index (χ3n) is 6.73. The Morgan fingerprint density at radius 1 is 0.838 bits per heavy atom. The molecular weight excluding hydrogens is 480 g/mol. The monoisotopic (exact) mass is 508 g/mol. The highest BCUT2D eigenvalue weighted by molar-refractivity contribution is 6.30. The van der Waals surface area contributed by atoms with Gasteiger partial charge < -0.3 is 10.4 Å². The predicted octanol–water partition coefficient (Wildman–Crippen LogP) is 6.61. The van der Waals surface area contributed by atoms with Crippen LogP contribution in [0.1, 0.15) is 27.9 Å². The second-order valence-electron chi connectivity index (χ2n) is 9.32. The number of hydrogen-bond donors (Lipinski definition) is 2. The van der Waals surface area contributed by atoms with Crippen LogP contribution in [0.2, 0.25) is 5.02 Å². The van der Waals surface area contributed by atoms with Gasteiger partial charge >= 0.3 is 0 Å². The van der Waals surface area contributed by atoms with Crippen molar-refractivity contribution in [1.29, 1.82) is 0 Å². The molecule has 5 aromatic rings. The van der Waals surface area contributed by atoms with E-state index in [-0.39, 0.29) is 6.54 Å². The zero-order valence-electron chi connectivity index (χ0n) is 20.9. The molecule has 0 saturated heterocycles. The first-order valence-corrected chi connectivity index (χ1v) is 12.6. The molecule has 6 heteroatoms. The molecule has 186 valence electrons. The molecule has 5 nitrogen and oxygen atoms in total. The molecule has 2 N–H and O–H groups in total. The van der Waals surface area contributed by atoms with Crippen LogP contribution in [0, 0.1) is 13.8 Å². The Morgan fingerprint density at radius 2 is 1.51 bits per heavy atom. The number of anilines is 1. The van der Waals surface area contributed by atoms with E-state index in [1.165, 1.54) is 11.1 Å². The highest BCUT2D eigenvalue weighted by Gasteiger charge is 2.38. The number of rotatable bonds is 8. The lowest BCUT2D eigenvalue weighted by atomic mass is 9.87. The molecule has 0 aliphatic carbocycles. The number of aromatic nitrogens is 3. The Bertz CT molecular complexity index is 1480. The molecule has 37 heavy (non-hydrogen) atoms. The van der Waals surface area contributed by atoms with E-state index in [4.69, 9.17) is 11.6 Å². The van der Waals surface area contributed by atoms with E-state index >= 15 is 0 Å². The Hall–Kier alpha value is -3.93. The third kappa shape index (κ3) is 5.29. The molecule has 0 aliphatic rings. The van der Waals surface area contributed by atoms with Gasteiger partial charge in [0, 0.05) is 16.3 Å². The average Bonchev–Trinajstić information content (AvgIpc) is 3.34. The summed E-state index contributed by atoms with van der Waals surface area (Å²) in [6.07, 6.45) is 0. The number of benzene rings is 4. The number of halogens is 1. The zero-order chi connectivity index (χ0) is 25.8. The number of aliphatic hydroxyl groups is 1. The molecule has 1 atom stereocenters. The van der Waals surface area contributed by atoms with Crippen molar-refractivity contribution in [3.05, 3.63) is 136 Å². The van der Waals surface area contributed by atoms with Crippen molar-refractivity contribution in [2.24, 2.45) is 0 Å². The van der Waals surface area contributed by atoms with Gasteiger partial charge in [-0.15, -0.1) is 5.10 Å². The Labute approximate surface area is 222 Å². The number of nitrogens with zero attached hydrogens (tertiary/aromatic N) is 3. The summed E-state index contributed by atoms with van der Waals surface area (Å²) in [6.45, 7) is 4.88. The zero-order valence-corrected chi connectivity index (χ0v) is 21.7. The van der Waals surface area contributed by atoms with E-state index in [9.17, 15) is 5.11 Å². The quantitative estimate of drug-likeness (QED) is 0.247. The molecular formula is C31H29ClN4O. The minimum atomic E-state index is -1.48. The van der Waals surface area contributed by atoms with Gasteiger partial charge in [-0.2, -0.15) is 0 Å². The summed E-state index contributed by atoms with van der Waals surface area (Å²) in [5.74, 6) is 0. The lowest BCUT2D eigenvalue weighted by Crippen LogP contribution is -2.36. The highest BCUT2D eigenvalue weighted by Crippen LogP contribution is 2.36. The smallest absolute Gasteiger partial charge is 0.153 e. The lowest BCUT2D eigenvalue weighted by Gasteiger charge is -2.29. The SMILES string of the molecule is Cc1ccc(NCC(O)(c2ccc(Cl)cc2)c2nnn(Cc3ccccc3)c2-c2ccccc2)cc1C. The normalized spacial score (nSPS) is 12.8. The molecule has 0 aliphatic heterocycles. The second-order valence-corrected chi connectivity index (χ2v) is 9.75. The minimum Gasteiger partial charge on any atom is -0.381 e. The molecule has 0 saturated carbocycles. The molecule has 1 unspecified atom stereocenters. The maximum Gasteiger partial charge on any atom is 0.153 e. The Morgan fingerprint density at radius 3 is 2.19 bits per heavy atom. The molecule has 5 rings (SSSR count). The van der Waals surface area contributed by atoms with E-state index in [0.717, 1.165) is 22.5 Å². The van der Waals surface area contributed by atoms with Crippen LogP contribution in [0.15, 0.2) is 103 Å². The second kappa shape index (κ2) is 10.6. The van der Waals surface area contributed by atoms with Crippen molar-refractivity contribution >= 4 is 17.3 Å². The van der Waals surface area contributed by atoms with Crippen molar-refractivity contribution in [2.75, 3.05) is 11.9 Å². The van der Waals surface area contributed by atoms with Gasteiger partial charge in [0.25, 0.3) is 0 Å². The van der Waals surface area contributed by atoms with Gasteiger partial charge in [-0.1, -0.05) is 95.7 Å². The van der Waals surface area contributed by atoms with Gasteiger partial charge in [0.05, 0.1) is 18.8 Å². The molecule has 0 amide bonds. The van der Waals surface area contributed by atoms with Gasteiger partial charge in [0.1, 0.15) is 5.69 Å². The first kappa shape index (κ1) is 24.8. The first-order chi connectivity index (χ1) is 17.9. The molecule has 0 bridgehead atoms. The molecule has 0 spiro atoms. The van der Waals surface area contributed by atoms with Crippen molar-refractivity contribution < 1.29 is 5.11 Å². The van der Waals surface area contributed by atoms with Crippen LogP contribution >= 0.6 is 11.6 Å². The van der Waals surface area contributed by atoms with Crippen LogP contribution < -0.4 is 5.32 Å². The van der Waals surface area contributed by atoms with E-state index in [2.05, 4.69) is 53.7 Å². The number of hydrogen-bond acceptors (Lipinski definition) is 4. The van der Waals surface area contributed by atoms with Crippen LogP contribution in [-0.4, -0.2) is 26.6 Å². The van der Waals surface area contributed by atoms with Crippen LogP contribution in [0.25, 0.3) is 11.3 Å². The van der Waals surface area contributed by atoms with E-state index < -0.39 is 5.60 Å². The fourth-order valence-electron chi connectivity index (χ4n) is 4.47. The minimum absolute atomic E-state index is 0.195. The summed E-state index contributed by atoms with van der Waals surface area (Å²) in [7, 11) is 0. The predicted molar refractivity (Wildman–Crippen MR) is 150 cm³/mol. The largest absolute Gasteiger partial charge is 0.381 e. The van der Waals surface area contributed by atoms with E-state index in [1.807, 2.05) is 71.4 Å². The first-order valence-electron chi connectivity index (χ1n) is 12.3. The summed E-state index contributed by atoms with van der Waals surface area (Å²) in [5.41, 5.74) is 5.79. The molecule has 4 aromatic carbocycles. The third-order valence-corrected chi connectivity index (χ3v) is 6.98. The summed E-state index contributed by atoms with van der Waals surface area (Å²) in [6, 6.07) is 33.5. The number of nitrogens with one attached hydrogen (secondary N) is 1. The maximum atomic E-state index is 12.4. The van der Waals surface area contributed by atoms with Crippen molar-refractivity contribution in [3.8, 4) is 11.3 Å². The lowest BCUT2D eigenvalue weighted by molar-refractivity contribution is 0.0907. The van der Waals surface area contributed by atoms with E-state index in [1.54, 1.807) is 12.1 Å². The Kier molecular flexibility index (Phi) is 7.08. The number of aryl methyl sites for hydroxylation is 2. The van der Waals surface area contributed by atoms with E-state index in [0.29, 0.717) is 22.8 Å². The molecule has 1 aromatic heterocycles. The van der Waals surface area contributed by atoms with Crippen LogP contribution in [0.5, 0.6) is 0 Å². The fourth-order valence-corrected chi connectivity index (χ4v) is 4.60. The van der Waals surface area contributed by atoms with Crippen LogP contribution in [0.4, 0.5) is 5.69 Å². The van der Waals surface area contributed by atoms with Crippen molar-refractivity contribution in [3.63, 3.8) is 0 Å². The van der Waals surface area contributed by atoms with Crippen LogP contribution in [-0.2, 0) is 12.1 Å². The van der Waals surface area contributed by atoms with Crippen molar-refractivity contribution in [1.82, 2.24) is 15.0 Å². The topological polar surface area (TPSA) is 63.0 Å². The van der Waals surface area contributed by atoms with Gasteiger partial charge in [-0.3, -0.25) is 0 Å². The molecule has 0 fully saturated rings. The van der Waals surface area contributed by atoms with Gasteiger partial charge in [-0.05, 0) is 60.4 Å². The average molecular weight is 509 g/mol. The Balaban J connectivity index is 1.63. The molecule has 0 radical (unpaired) electrons. The van der Waals surface area contributed by atoms with Gasteiger partial charge in [-0.25, -0.2) is 4.68 Å². The summed E-state index contributed by atoms with van der Waals surface area (Å²) in [4.78, 5) is 0. The summed E-state index contributed by atoms with van der Waals surface area (Å²) in [5, 5.41) is 25.6. The van der Waals surface area contributed by atoms with Gasteiger partial charge in [0.15, 0.2) is 5.60 Å². The standard InChI is InChI=1S/C31H29ClN4O/c1-22-13-18-28(19-23(22)2)33-21-31(37,26-14-16-27(32)17-15-26)30-29(25-11-7-4-8-12-25)36(35-34-30)20-24-9-5-3-6-10-24/h3-19,33,37H,20-21H2,1-2H3. The fraction of sp³-hybridized carbons (Fsp3) is 0.161. The summed E-state index contributed by atoms with van der Waals surface area (Å²) >= 11 is 6.21. The highest BCUT2D eigenvalue weighted by atomic mass is 35.5. The maximum absolute atomic E-state index is 12.4. The van der Waals surface area contributed by atoms with Gasteiger partial charge in [0.2, 0.25) is 0 Å². The summed E-state index contributed by atoms with van der Waals surface area (Å²) < 4.78 is 1.86.